The maximum absolute atomic E-state index is 13.2. The second-order valence-corrected chi connectivity index (χ2v) is 12.7. The van der Waals surface area contributed by atoms with Crippen LogP contribution in [0.4, 0.5) is 0 Å². The first kappa shape index (κ1) is 26.6. The van der Waals surface area contributed by atoms with Crippen LogP contribution >= 0.6 is 11.8 Å². The van der Waals surface area contributed by atoms with E-state index in [2.05, 4.69) is 13.0 Å². The van der Waals surface area contributed by atoms with Crippen LogP contribution in [0.3, 0.4) is 0 Å². The number of hydrogen-bond acceptors (Lipinski definition) is 7. The molecule has 8 heteroatoms. The molecule has 1 aromatic rings. The van der Waals surface area contributed by atoms with Gasteiger partial charge in [-0.3, -0.25) is 24.5 Å². The van der Waals surface area contributed by atoms with Gasteiger partial charge < -0.3 is 4.74 Å². The minimum absolute atomic E-state index is 0.00345. The van der Waals surface area contributed by atoms with Crippen molar-refractivity contribution in [3.05, 3.63) is 75.6 Å². The lowest BCUT2D eigenvalue weighted by Crippen LogP contribution is -2.46. The summed E-state index contributed by atoms with van der Waals surface area (Å²) in [6, 6.07) is 9.36. The summed E-state index contributed by atoms with van der Waals surface area (Å²) in [5, 5.41) is 11.5. The van der Waals surface area contributed by atoms with Crippen LogP contribution in [0.15, 0.2) is 70.4 Å². The molecule has 5 rings (SSSR count). The fourth-order valence-corrected chi connectivity index (χ4v) is 9.08. The van der Waals surface area contributed by atoms with Gasteiger partial charge in [0.25, 0.3) is 5.37 Å². The Morgan fingerprint density at radius 2 is 1.87 bits per heavy atom. The number of hydrogen-bond donors (Lipinski definition) is 0. The molecule has 200 valence electrons. The Balaban J connectivity index is 1.54. The highest BCUT2D eigenvalue weighted by Crippen LogP contribution is 2.67. The molecule has 2 saturated carbocycles. The fraction of sp³-hybridized carbons (Fsp3) is 0.500. The van der Waals surface area contributed by atoms with Crippen LogP contribution in [0.5, 0.6) is 0 Å². The zero-order chi connectivity index (χ0) is 27.4. The Labute approximate surface area is 226 Å². The van der Waals surface area contributed by atoms with Crippen LogP contribution in [0.1, 0.15) is 53.4 Å². The van der Waals surface area contributed by atoms with E-state index in [9.17, 15) is 24.5 Å². The van der Waals surface area contributed by atoms with Crippen LogP contribution in [0, 0.1) is 44.6 Å². The lowest BCUT2D eigenvalue weighted by molar-refractivity contribution is -0.505. The third kappa shape index (κ3) is 4.17. The van der Waals surface area contributed by atoms with E-state index in [1.807, 2.05) is 37.3 Å². The van der Waals surface area contributed by atoms with Gasteiger partial charge in [0, 0.05) is 34.7 Å². The number of rotatable bonds is 6. The van der Waals surface area contributed by atoms with E-state index in [1.165, 1.54) is 24.8 Å². The number of Topliss-reactive ketones (excluding diaryl/α,β-unsaturated/α-hetero) is 1. The van der Waals surface area contributed by atoms with Gasteiger partial charge in [0.2, 0.25) is 0 Å². The van der Waals surface area contributed by atoms with Crippen molar-refractivity contribution < 1.29 is 24.0 Å². The fourth-order valence-electron chi connectivity index (χ4n) is 7.96. The first-order valence-electron chi connectivity index (χ1n) is 13.2. The van der Waals surface area contributed by atoms with E-state index in [1.54, 1.807) is 13.0 Å². The number of carbonyl (C=O) groups excluding carboxylic acids is 3. The molecule has 0 aromatic heterocycles. The van der Waals surface area contributed by atoms with Crippen molar-refractivity contribution in [2.75, 3.05) is 0 Å². The van der Waals surface area contributed by atoms with E-state index in [0.29, 0.717) is 25.0 Å². The second-order valence-electron chi connectivity index (χ2n) is 11.5. The molecular weight excluding hydrogens is 502 g/mol. The molecule has 0 amide bonds. The summed E-state index contributed by atoms with van der Waals surface area (Å²) in [6.07, 6.45) is 7.89. The van der Waals surface area contributed by atoms with Crippen LogP contribution in [-0.4, -0.2) is 27.8 Å². The Morgan fingerprint density at radius 1 is 1.16 bits per heavy atom. The molecule has 0 bridgehead atoms. The molecule has 1 unspecified atom stereocenters. The molecule has 4 aliphatic carbocycles. The van der Waals surface area contributed by atoms with Gasteiger partial charge in [0.15, 0.2) is 5.78 Å². The molecule has 0 N–H and O–H groups in total. The van der Waals surface area contributed by atoms with Crippen molar-refractivity contribution >= 4 is 29.3 Å². The molecule has 7 nitrogen and oxygen atoms in total. The molecule has 0 spiro atoms. The number of esters is 1. The number of fused-ring (bicyclic) bond motifs is 5. The molecule has 0 saturated heterocycles. The van der Waals surface area contributed by atoms with E-state index in [0.717, 1.165) is 22.5 Å². The molecule has 0 heterocycles. The van der Waals surface area contributed by atoms with Crippen molar-refractivity contribution in [1.82, 2.24) is 0 Å². The summed E-state index contributed by atoms with van der Waals surface area (Å²) in [5.41, 5.74) is 0.917. The molecule has 0 aliphatic heterocycles. The highest BCUT2D eigenvalue weighted by Gasteiger charge is 2.63. The van der Waals surface area contributed by atoms with Crippen LogP contribution < -0.4 is 0 Å². The monoisotopic (exact) mass is 535 g/mol. The molecule has 2 fully saturated rings. The highest BCUT2D eigenvalue weighted by molar-refractivity contribution is 7.99. The van der Waals surface area contributed by atoms with Crippen molar-refractivity contribution in [3.8, 4) is 0 Å². The molecule has 7 atom stereocenters. The van der Waals surface area contributed by atoms with Gasteiger partial charge in [-0.15, -0.1) is 0 Å². The van der Waals surface area contributed by atoms with Crippen molar-refractivity contribution in [2.45, 2.75) is 63.6 Å². The van der Waals surface area contributed by atoms with E-state index < -0.39 is 34.0 Å². The molecule has 38 heavy (non-hydrogen) atoms. The predicted molar refractivity (Wildman–Crippen MR) is 143 cm³/mol. The third-order valence-electron chi connectivity index (χ3n) is 9.45. The average Bonchev–Trinajstić information content (AvgIpc) is 3.16. The number of ether oxygens (including phenoxy) is 1. The number of benzene rings is 1. The quantitative estimate of drug-likeness (QED) is 0.111. The summed E-state index contributed by atoms with van der Waals surface area (Å²) in [7, 11) is 0. The molecule has 4 aliphatic rings. The van der Waals surface area contributed by atoms with E-state index in [-0.39, 0.29) is 28.3 Å². The summed E-state index contributed by atoms with van der Waals surface area (Å²) < 4.78 is 5.61. The van der Waals surface area contributed by atoms with Gasteiger partial charge in [0.1, 0.15) is 11.5 Å². The van der Waals surface area contributed by atoms with Gasteiger partial charge in [-0.1, -0.05) is 36.8 Å². The Bertz CT molecular complexity index is 1300. The maximum atomic E-state index is 13.2. The summed E-state index contributed by atoms with van der Waals surface area (Å²) in [5.74, 6) is -0.998. The first-order chi connectivity index (χ1) is 18.0. The van der Waals surface area contributed by atoms with Gasteiger partial charge in [-0.2, -0.15) is 0 Å². The summed E-state index contributed by atoms with van der Waals surface area (Å²) >= 11 is 1.23. The normalized spacial score (nSPS) is 34.5. The van der Waals surface area contributed by atoms with Crippen LogP contribution in [0.25, 0.3) is 0 Å². The largest absolute Gasteiger partial charge is 0.430 e. The standard InChI is InChI=1S/C30H33NO6S/c1-17(32)27-23(28(31(35)36)38-21-8-6-5-7-9-21)16-25-22-11-10-19-14-20(34)15-26(37-18(2)33)30(19,4)24(22)12-13-29(25,27)3/h5-9,12,14-15,22-23,25,27-28H,10-11,13,16H2,1-4H3/t22-,23-,25+,27+,28?,29+,30+/m1/s1. The lowest BCUT2D eigenvalue weighted by atomic mass is 9.51. The minimum Gasteiger partial charge on any atom is -0.430 e. The first-order valence-corrected chi connectivity index (χ1v) is 14.1. The van der Waals surface area contributed by atoms with Crippen molar-refractivity contribution in [3.63, 3.8) is 0 Å². The number of allylic oxidation sites excluding steroid dienone is 4. The number of nitrogens with zero attached hydrogens (tertiary/aromatic N) is 1. The van der Waals surface area contributed by atoms with Crippen LogP contribution in [-0.2, 0) is 19.1 Å². The zero-order valence-corrected chi connectivity index (χ0v) is 23.0. The number of carbonyl (C=O) groups is 3. The van der Waals surface area contributed by atoms with Gasteiger partial charge in [0.05, 0.1) is 5.41 Å². The molecule has 0 radical (unpaired) electrons. The predicted octanol–water partition coefficient (Wildman–Crippen LogP) is 5.93. The Hall–Kier alpha value is -3.00. The molecular formula is C30H33NO6S. The SMILES string of the molecule is CC(=O)OC1=CC(=O)C=C2CC[C@@H]3C(=CC[C@@]4(C)[C@H]3C[C@@H](C(Sc3ccccc3)[N+](=O)[O-])[C@@H]4C(C)=O)[C@]21C. The molecule has 1 aromatic carbocycles. The van der Waals surface area contributed by atoms with Gasteiger partial charge in [-0.25, -0.2) is 0 Å². The van der Waals surface area contributed by atoms with Gasteiger partial charge in [-0.05, 0) is 92.3 Å². The Kier molecular flexibility index (Phi) is 6.74. The third-order valence-corrected chi connectivity index (χ3v) is 10.8. The van der Waals surface area contributed by atoms with Crippen LogP contribution in [0.2, 0.25) is 0 Å². The van der Waals surface area contributed by atoms with E-state index >= 15 is 0 Å². The number of ketones is 2. The zero-order valence-electron chi connectivity index (χ0n) is 22.1. The topological polar surface area (TPSA) is 104 Å². The van der Waals surface area contributed by atoms with Gasteiger partial charge >= 0.3 is 5.97 Å². The number of thioether (sulfide) groups is 1. The smallest absolute Gasteiger partial charge is 0.307 e. The maximum Gasteiger partial charge on any atom is 0.307 e. The van der Waals surface area contributed by atoms with E-state index in [4.69, 9.17) is 4.74 Å². The second kappa shape index (κ2) is 9.63. The average molecular weight is 536 g/mol. The minimum atomic E-state index is -0.935. The lowest BCUT2D eigenvalue weighted by Gasteiger charge is -2.53. The van der Waals surface area contributed by atoms with Crippen molar-refractivity contribution in [2.24, 2.45) is 34.5 Å². The highest BCUT2D eigenvalue weighted by atomic mass is 32.2. The summed E-state index contributed by atoms with van der Waals surface area (Å²) in [4.78, 5) is 50.6. The number of nitro groups is 1. The Morgan fingerprint density at radius 3 is 2.50 bits per heavy atom. The summed E-state index contributed by atoms with van der Waals surface area (Å²) in [6.45, 7) is 7.05. The van der Waals surface area contributed by atoms with Crippen molar-refractivity contribution in [1.29, 1.82) is 0 Å².